The topological polar surface area (TPSA) is 78.9 Å². The second-order valence-electron chi connectivity index (χ2n) is 13.4. The zero-order chi connectivity index (χ0) is 33.1. The molecule has 42 heavy (non-hydrogen) atoms. The van der Waals surface area contributed by atoms with E-state index in [2.05, 4.69) is 62.3 Å². The average Bonchev–Trinajstić information content (AvgIpc) is 2.96. The van der Waals surface area contributed by atoms with Gasteiger partial charge in [0.1, 0.15) is 12.2 Å². The lowest BCUT2D eigenvalue weighted by molar-refractivity contribution is -0.158. The van der Waals surface area contributed by atoms with Gasteiger partial charge >= 0.3 is 5.97 Å². The van der Waals surface area contributed by atoms with E-state index in [0.717, 1.165) is 42.7 Å². The first kappa shape index (κ1) is 40.9. The molecule has 0 aromatic heterocycles. The van der Waals surface area contributed by atoms with E-state index >= 15 is 0 Å². The van der Waals surface area contributed by atoms with Crippen molar-refractivity contribution in [3.8, 4) is 0 Å². The van der Waals surface area contributed by atoms with Crippen molar-refractivity contribution in [1.29, 1.82) is 0 Å². The molecular weight excluding hydrogens is 561 g/mol. The molecule has 0 N–H and O–H groups in total. The van der Waals surface area contributed by atoms with Crippen molar-refractivity contribution in [2.24, 2.45) is 17.3 Å². The Balaban J connectivity index is 6.10. The van der Waals surface area contributed by atoms with Crippen molar-refractivity contribution in [1.82, 2.24) is 0 Å². The summed E-state index contributed by atoms with van der Waals surface area (Å²) in [6.45, 7) is 30.2. The van der Waals surface area contributed by atoms with Gasteiger partial charge in [0.2, 0.25) is 11.6 Å². The zero-order valence-corrected chi connectivity index (χ0v) is 32.0. The predicted octanol–water partition coefficient (Wildman–Crippen LogP) is 9.29. The number of carbonyl (C=O) groups excluding carboxylic acids is 3. The summed E-state index contributed by atoms with van der Waals surface area (Å²) >= 11 is 0. The first-order valence-corrected chi connectivity index (χ1v) is 21.8. The zero-order valence-electron chi connectivity index (χ0n) is 30.0. The largest absolute Gasteiger partial charge is 0.456 e. The van der Waals surface area contributed by atoms with E-state index in [0.29, 0.717) is 23.5 Å². The van der Waals surface area contributed by atoms with Crippen molar-refractivity contribution >= 4 is 34.2 Å². The quantitative estimate of drug-likeness (QED) is 0.0547. The normalized spacial score (nSPS) is 16.5. The minimum absolute atomic E-state index is 0.00613. The third-order valence-electron chi connectivity index (χ3n) is 10.0. The molecule has 0 bridgehead atoms. The van der Waals surface area contributed by atoms with E-state index in [4.69, 9.17) is 13.6 Å². The van der Waals surface area contributed by atoms with E-state index < -0.39 is 45.8 Å². The van der Waals surface area contributed by atoms with Gasteiger partial charge in [-0.25, -0.2) is 4.79 Å². The summed E-state index contributed by atoms with van der Waals surface area (Å²) in [6, 6.07) is 5.77. The summed E-state index contributed by atoms with van der Waals surface area (Å²) in [7, 11) is -4.05. The van der Waals surface area contributed by atoms with Crippen LogP contribution in [0.5, 0.6) is 0 Å². The third-order valence-corrected chi connectivity index (χ3v) is 19.3. The fourth-order valence-corrected chi connectivity index (χ4v) is 11.9. The van der Waals surface area contributed by atoms with Crippen LogP contribution in [0, 0.1) is 17.3 Å². The van der Waals surface area contributed by atoms with Gasteiger partial charge in [-0.1, -0.05) is 69.2 Å². The van der Waals surface area contributed by atoms with Crippen LogP contribution in [-0.2, 0) is 28.0 Å². The Morgan fingerprint density at radius 2 is 1.14 bits per heavy atom. The van der Waals surface area contributed by atoms with Crippen molar-refractivity contribution in [2.45, 2.75) is 171 Å². The smallest absolute Gasteiger partial charge is 0.334 e. The Bertz CT molecular complexity index is 885. The number of ether oxygens (including phenoxy) is 1. The minimum Gasteiger partial charge on any atom is -0.456 e. The number of hydrogen-bond acceptors (Lipinski definition) is 6. The van der Waals surface area contributed by atoms with E-state index in [1.54, 1.807) is 20.8 Å². The van der Waals surface area contributed by atoms with Crippen LogP contribution in [0.1, 0.15) is 117 Å². The average molecular weight is 627 g/mol. The fraction of sp³-hybridized carbons (Fsp3) is 0.853. The standard InChI is InChI=1S/C34H66O6Si2/c1-16-29(39-41(17-2,18-3)19-4)34(14,15)32(36)30(35)27(12)26(11)28(13)38-33(37)31(25(10)23-24(8)9)40-42(20-5,21-6)22-7/h24-25,28-29,31H,16-23H2,1-15H3/b27-26+/t25-,28-,29?,31?/m0/s1. The van der Waals surface area contributed by atoms with E-state index in [1.807, 2.05) is 20.8 Å². The Morgan fingerprint density at radius 3 is 1.52 bits per heavy atom. The van der Waals surface area contributed by atoms with Gasteiger partial charge in [-0.15, -0.1) is 0 Å². The molecule has 0 aliphatic rings. The van der Waals surface area contributed by atoms with E-state index in [1.165, 1.54) is 0 Å². The highest BCUT2D eigenvalue weighted by molar-refractivity contribution is 6.74. The highest BCUT2D eigenvalue weighted by atomic mass is 28.4. The fourth-order valence-electron chi connectivity index (χ4n) is 6.00. The Labute approximate surface area is 261 Å². The Hall–Kier alpha value is -1.10. The highest BCUT2D eigenvalue weighted by Gasteiger charge is 2.45. The summed E-state index contributed by atoms with van der Waals surface area (Å²) in [5.74, 6) is -0.939. The Morgan fingerprint density at radius 1 is 0.714 bits per heavy atom. The number of ketones is 2. The molecule has 0 amide bonds. The van der Waals surface area contributed by atoms with Crippen molar-refractivity contribution in [3.05, 3.63) is 11.1 Å². The molecular formula is C34H66O6Si2. The second-order valence-corrected chi connectivity index (χ2v) is 22.9. The van der Waals surface area contributed by atoms with Gasteiger partial charge in [0.15, 0.2) is 16.6 Å². The van der Waals surface area contributed by atoms with Gasteiger partial charge in [0.25, 0.3) is 0 Å². The van der Waals surface area contributed by atoms with Crippen molar-refractivity contribution in [3.63, 3.8) is 0 Å². The van der Waals surface area contributed by atoms with Crippen LogP contribution in [0.15, 0.2) is 11.1 Å². The summed E-state index contributed by atoms with van der Waals surface area (Å²) in [4.78, 5) is 40.9. The molecule has 0 spiro atoms. The lowest BCUT2D eigenvalue weighted by Gasteiger charge is -2.40. The van der Waals surface area contributed by atoms with Gasteiger partial charge in [-0.2, -0.15) is 0 Å². The van der Waals surface area contributed by atoms with Gasteiger partial charge < -0.3 is 13.6 Å². The molecule has 2 unspecified atom stereocenters. The van der Waals surface area contributed by atoms with Crippen LogP contribution >= 0.6 is 0 Å². The maximum atomic E-state index is 13.7. The maximum Gasteiger partial charge on any atom is 0.334 e. The van der Waals surface area contributed by atoms with Gasteiger partial charge in [-0.05, 0) is 101 Å². The molecule has 0 aliphatic carbocycles. The highest BCUT2D eigenvalue weighted by Crippen LogP contribution is 2.35. The molecule has 0 saturated heterocycles. The molecule has 0 radical (unpaired) electrons. The molecule has 0 rings (SSSR count). The minimum atomic E-state index is -2.07. The van der Waals surface area contributed by atoms with Gasteiger partial charge in [-0.3, -0.25) is 9.59 Å². The summed E-state index contributed by atoms with van der Waals surface area (Å²) in [5.41, 5.74) is -0.0450. The second kappa shape index (κ2) is 18.0. The molecule has 0 saturated carbocycles. The van der Waals surface area contributed by atoms with Crippen LogP contribution in [-0.4, -0.2) is 52.5 Å². The molecule has 0 fully saturated rings. The molecule has 0 heterocycles. The van der Waals surface area contributed by atoms with Crippen LogP contribution in [0.3, 0.4) is 0 Å². The van der Waals surface area contributed by atoms with Crippen LogP contribution in [0.2, 0.25) is 36.3 Å². The number of allylic oxidation sites excluding steroid dienone is 1. The van der Waals surface area contributed by atoms with Gasteiger partial charge in [0, 0.05) is 5.57 Å². The van der Waals surface area contributed by atoms with Crippen LogP contribution in [0.25, 0.3) is 0 Å². The number of rotatable bonds is 21. The summed E-state index contributed by atoms with van der Waals surface area (Å²) in [5, 5.41) is 0. The first-order valence-electron chi connectivity index (χ1n) is 16.7. The number of Topliss-reactive ketones (excluding diaryl/α,β-unsaturated/α-hetero) is 2. The number of esters is 1. The lowest BCUT2D eigenvalue weighted by Crippen LogP contribution is -2.49. The maximum absolute atomic E-state index is 13.7. The van der Waals surface area contributed by atoms with E-state index in [-0.39, 0.29) is 18.0 Å². The first-order chi connectivity index (χ1) is 19.4. The number of carbonyl (C=O) groups is 3. The van der Waals surface area contributed by atoms with Gasteiger partial charge in [0.05, 0.1) is 11.5 Å². The van der Waals surface area contributed by atoms with Crippen molar-refractivity contribution in [2.75, 3.05) is 0 Å². The molecule has 4 atom stereocenters. The van der Waals surface area contributed by atoms with Crippen LogP contribution in [0.4, 0.5) is 0 Å². The molecule has 8 heteroatoms. The third kappa shape index (κ3) is 10.5. The van der Waals surface area contributed by atoms with Crippen LogP contribution < -0.4 is 0 Å². The molecule has 0 aliphatic heterocycles. The predicted molar refractivity (Wildman–Crippen MR) is 181 cm³/mol. The molecule has 0 aromatic carbocycles. The lowest BCUT2D eigenvalue weighted by atomic mass is 9.77. The van der Waals surface area contributed by atoms with Crippen molar-refractivity contribution < 1.29 is 28.0 Å². The Kier molecular flexibility index (Phi) is 17.5. The monoisotopic (exact) mass is 626 g/mol. The SMILES string of the molecule is CCC(O[Si](CC)(CC)CC)C(C)(C)C(=O)C(=O)/C(C)=C(\C)[C@H](C)OC(=O)C(O[Si](CC)(CC)CC)[C@@H](C)CC(C)C. The summed E-state index contributed by atoms with van der Waals surface area (Å²) < 4.78 is 19.4. The molecule has 0 aromatic rings. The summed E-state index contributed by atoms with van der Waals surface area (Å²) in [6.07, 6.45) is -0.123. The van der Waals surface area contributed by atoms with E-state index in [9.17, 15) is 14.4 Å². The number of hydrogen-bond donors (Lipinski definition) is 0. The molecule has 246 valence electrons. The molecule has 6 nitrogen and oxygen atoms in total.